The van der Waals surface area contributed by atoms with E-state index in [2.05, 4.69) is 5.32 Å². The van der Waals surface area contributed by atoms with Crippen LogP contribution in [0.5, 0.6) is 17.2 Å². The van der Waals surface area contributed by atoms with Crippen molar-refractivity contribution < 1.29 is 24.2 Å². The molecule has 0 saturated carbocycles. The number of fused-ring (bicyclic) bond motifs is 1. The van der Waals surface area contributed by atoms with E-state index >= 15 is 0 Å². The van der Waals surface area contributed by atoms with E-state index in [4.69, 9.17) is 44.3 Å². The summed E-state index contributed by atoms with van der Waals surface area (Å²) in [6.07, 6.45) is 0.933. The highest BCUT2D eigenvalue weighted by atomic mass is 35.5. The van der Waals surface area contributed by atoms with E-state index in [1.807, 2.05) is 0 Å². The number of aliphatic carboxylic acids is 1. The summed E-state index contributed by atoms with van der Waals surface area (Å²) < 4.78 is 11.5. The zero-order valence-corrected chi connectivity index (χ0v) is 20.1. The predicted molar refractivity (Wildman–Crippen MR) is 131 cm³/mol. The lowest BCUT2D eigenvalue weighted by Crippen LogP contribution is -2.25. The van der Waals surface area contributed by atoms with Gasteiger partial charge in [0.25, 0.3) is 5.91 Å². The van der Waals surface area contributed by atoms with Crippen molar-refractivity contribution in [2.75, 3.05) is 13.2 Å². The maximum Gasteiger partial charge on any atom is 0.311 e. The molecule has 0 aliphatic carbocycles. The van der Waals surface area contributed by atoms with Crippen LogP contribution in [0.25, 0.3) is 0 Å². The molecule has 2 N–H and O–H groups in total. The Labute approximate surface area is 211 Å². The standard InChI is InChI=1S/C25H20Cl3NO5/c26-16-3-6-20(27)15(11-16)7-9-29-24(30)14-1-4-17(5-2-14)34-23-13-22-19(12-21(23)28)18(25(31)32)8-10-33-22/h1-6,11-13,18H,7-10H2,(H,29,30)(H,31,32). The van der Waals surface area contributed by atoms with E-state index in [1.54, 1.807) is 54.6 Å². The van der Waals surface area contributed by atoms with Crippen LogP contribution < -0.4 is 14.8 Å². The summed E-state index contributed by atoms with van der Waals surface area (Å²) in [5.74, 6) is -0.572. The molecule has 1 atom stereocenters. The summed E-state index contributed by atoms with van der Waals surface area (Å²) in [5, 5.41) is 13.7. The molecule has 1 aliphatic heterocycles. The van der Waals surface area contributed by atoms with Crippen LogP contribution in [-0.4, -0.2) is 30.1 Å². The zero-order chi connectivity index (χ0) is 24.2. The van der Waals surface area contributed by atoms with Gasteiger partial charge in [-0.1, -0.05) is 34.8 Å². The molecule has 6 nitrogen and oxygen atoms in total. The molecule has 9 heteroatoms. The molecule has 1 amide bonds. The molecule has 1 unspecified atom stereocenters. The molecule has 0 bridgehead atoms. The van der Waals surface area contributed by atoms with Gasteiger partial charge in [0.05, 0.1) is 17.5 Å². The van der Waals surface area contributed by atoms with E-state index in [0.29, 0.717) is 64.4 Å². The number of halogens is 3. The van der Waals surface area contributed by atoms with Crippen LogP contribution in [0.3, 0.4) is 0 Å². The minimum absolute atomic E-state index is 0.232. The number of carboxylic acid groups (broad SMARTS) is 1. The number of nitrogens with one attached hydrogen (secondary N) is 1. The summed E-state index contributed by atoms with van der Waals surface area (Å²) in [6, 6.07) is 15.0. The molecule has 4 rings (SSSR count). The average Bonchev–Trinajstić information content (AvgIpc) is 2.81. The summed E-state index contributed by atoms with van der Waals surface area (Å²) in [6.45, 7) is 0.706. The van der Waals surface area contributed by atoms with Crippen LogP contribution >= 0.6 is 34.8 Å². The van der Waals surface area contributed by atoms with E-state index in [9.17, 15) is 14.7 Å². The van der Waals surface area contributed by atoms with Crippen molar-refractivity contribution in [3.05, 3.63) is 86.4 Å². The van der Waals surface area contributed by atoms with E-state index in [-0.39, 0.29) is 10.9 Å². The molecule has 3 aromatic carbocycles. The molecule has 3 aromatic rings. The molecule has 1 aliphatic rings. The first-order valence-electron chi connectivity index (χ1n) is 10.5. The average molecular weight is 521 g/mol. The smallest absolute Gasteiger partial charge is 0.311 e. The number of hydrogen-bond acceptors (Lipinski definition) is 4. The Kier molecular flexibility index (Phi) is 7.51. The quantitative estimate of drug-likeness (QED) is 0.378. The fourth-order valence-corrected chi connectivity index (χ4v) is 4.29. The van der Waals surface area contributed by atoms with Crippen molar-refractivity contribution in [2.45, 2.75) is 18.8 Å². The topological polar surface area (TPSA) is 84.9 Å². The number of carbonyl (C=O) groups is 2. The second-order valence-corrected chi connectivity index (χ2v) is 8.97. The molecule has 34 heavy (non-hydrogen) atoms. The van der Waals surface area contributed by atoms with Crippen LogP contribution in [0, 0.1) is 0 Å². The molecule has 0 saturated heterocycles. The van der Waals surface area contributed by atoms with Crippen molar-refractivity contribution in [3.63, 3.8) is 0 Å². The fraction of sp³-hybridized carbons (Fsp3) is 0.200. The normalized spacial score (nSPS) is 14.6. The van der Waals surface area contributed by atoms with Gasteiger partial charge >= 0.3 is 5.97 Å². The van der Waals surface area contributed by atoms with Crippen molar-refractivity contribution in [2.24, 2.45) is 0 Å². The SMILES string of the molecule is O=C(NCCc1cc(Cl)ccc1Cl)c1ccc(Oc2cc3c(cc2Cl)C(C(=O)O)CCO3)cc1. The van der Waals surface area contributed by atoms with Crippen LogP contribution in [-0.2, 0) is 11.2 Å². The summed E-state index contributed by atoms with van der Waals surface area (Å²) >= 11 is 18.5. The first kappa shape index (κ1) is 24.2. The van der Waals surface area contributed by atoms with E-state index < -0.39 is 11.9 Å². The molecular formula is C25H20Cl3NO5. The van der Waals surface area contributed by atoms with Crippen LogP contribution in [0.1, 0.15) is 33.8 Å². The number of rotatable bonds is 7. The first-order chi connectivity index (χ1) is 16.3. The Morgan fingerprint density at radius 2 is 1.79 bits per heavy atom. The number of carbonyl (C=O) groups excluding carboxylic acids is 1. The van der Waals surface area contributed by atoms with E-state index in [1.165, 1.54) is 0 Å². The second kappa shape index (κ2) is 10.6. The molecule has 0 radical (unpaired) electrons. The third kappa shape index (κ3) is 5.58. The van der Waals surface area contributed by atoms with Gasteiger partial charge in [0, 0.05) is 33.8 Å². The van der Waals surface area contributed by atoms with E-state index in [0.717, 1.165) is 5.56 Å². The molecule has 1 heterocycles. The van der Waals surface area contributed by atoms with Gasteiger partial charge in [-0.15, -0.1) is 0 Å². The van der Waals surface area contributed by atoms with Gasteiger partial charge in [-0.05, 0) is 66.9 Å². The van der Waals surface area contributed by atoms with Gasteiger partial charge < -0.3 is 19.9 Å². The lowest BCUT2D eigenvalue weighted by atomic mass is 9.93. The van der Waals surface area contributed by atoms with Gasteiger partial charge in [-0.3, -0.25) is 9.59 Å². The zero-order valence-electron chi connectivity index (χ0n) is 17.8. The molecule has 0 spiro atoms. The maximum atomic E-state index is 12.5. The Balaban J connectivity index is 1.38. The number of ether oxygens (including phenoxy) is 2. The fourth-order valence-electron chi connectivity index (χ4n) is 3.67. The highest BCUT2D eigenvalue weighted by Gasteiger charge is 2.29. The Morgan fingerprint density at radius 1 is 1.03 bits per heavy atom. The van der Waals surface area contributed by atoms with Gasteiger partial charge in [-0.2, -0.15) is 0 Å². The predicted octanol–water partition coefficient (Wildman–Crippen LogP) is 6.36. The van der Waals surface area contributed by atoms with Crippen LogP contribution in [0.15, 0.2) is 54.6 Å². The molecule has 176 valence electrons. The van der Waals surface area contributed by atoms with Crippen LogP contribution in [0.2, 0.25) is 15.1 Å². The highest BCUT2D eigenvalue weighted by Crippen LogP contribution is 2.41. The molecular weight excluding hydrogens is 501 g/mol. The third-order valence-corrected chi connectivity index (χ3v) is 6.33. The summed E-state index contributed by atoms with van der Waals surface area (Å²) in [7, 11) is 0. The van der Waals surface area contributed by atoms with Crippen molar-refractivity contribution >= 4 is 46.7 Å². The Bertz CT molecular complexity index is 1230. The third-order valence-electron chi connectivity index (χ3n) is 5.43. The molecule has 0 aromatic heterocycles. The minimum Gasteiger partial charge on any atom is -0.493 e. The maximum absolute atomic E-state index is 12.5. The Hall–Kier alpha value is -2.93. The second-order valence-electron chi connectivity index (χ2n) is 7.72. The monoisotopic (exact) mass is 519 g/mol. The largest absolute Gasteiger partial charge is 0.493 e. The number of benzene rings is 3. The Morgan fingerprint density at radius 3 is 2.53 bits per heavy atom. The van der Waals surface area contributed by atoms with Crippen LogP contribution in [0.4, 0.5) is 0 Å². The number of carboxylic acids is 1. The van der Waals surface area contributed by atoms with Gasteiger partial charge in [-0.25, -0.2) is 0 Å². The molecule has 0 fully saturated rings. The summed E-state index contributed by atoms with van der Waals surface area (Å²) in [4.78, 5) is 23.9. The lowest BCUT2D eigenvalue weighted by molar-refractivity contribution is -0.139. The first-order valence-corrected chi connectivity index (χ1v) is 11.6. The lowest BCUT2D eigenvalue weighted by Gasteiger charge is -2.24. The van der Waals surface area contributed by atoms with Gasteiger partial charge in [0.15, 0.2) is 0 Å². The van der Waals surface area contributed by atoms with Crippen molar-refractivity contribution in [1.82, 2.24) is 5.32 Å². The summed E-state index contributed by atoms with van der Waals surface area (Å²) in [5.41, 5.74) is 1.86. The minimum atomic E-state index is -0.918. The number of amides is 1. The van der Waals surface area contributed by atoms with Gasteiger partial charge in [0.1, 0.15) is 17.2 Å². The van der Waals surface area contributed by atoms with Crippen molar-refractivity contribution in [3.8, 4) is 17.2 Å². The highest BCUT2D eigenvalue weighted by molar-refractivity contribution is 6.33. The number of hydrogen-bond donors (Lipinski definition) is 2. The van der Waals surface area contributed by atoms with Gasteiger partial charge in [0.2, 0.25) is 0 Å². The van der Waals surface area contributed by atoms with Crippen molar-refractivity contribution in [1.29, 1.82) is 0 Å².